The number of halogens is 2. The van der Waals surface area contributed by atoms with Gasteiger partial charge in [-0.05, 0) is 48.3 Å². The molecule has 1 aliphatic heterocycles. The Kier molecular flexibility index (Phi) is 4.37. The van der Waals surface area contributed by atoms with Gasteiger partial charge in [0.1, 0.15) is 11.4 Å². The highest BCUT2D eigenvalue weighted by Gasteiger charge is 2.39. The van der Waals surface area contributed by atoms with Crippen LogP contribution in [0.2, 0.25) is 0 Å². The molecular weight excluding hydrogens is 339 g/mol. The van der Waals surface area contributed by atoms with Crippen molar-refractivity contribution in [2.45, 2.75) is 45.3 Å². The zero-order valence-electron chi connectivity index (χ0n) is 12.2. The molecule has 1 heterocycles. The molecule has 1 aromatic carbocycles. The fourth-order valence-electron chi connectivity index (χ4n) is 2.47. The van der Waals surface area contributed by atoms with Gasteiger partial charge in [-0.25, -0.2) is 4.39 Å². The van der Waals surface area contributed by atoms with Crippen LogP contribution in [0.15, 0.2) is 22.7 Å². The van der Waals surface area contributed by atoms with Crippen LogP contribution in [0.3, 0.4) is 0 Å². The maximum atomic E-state index is 13.6. The standard InChI is InChI=1S/C15H18BrFN2O2/c1-9-7-12(20)18-15(2,3)14(21)19(9)8-10-5-4-6-11(17)13(10)16/h4-6,9H,7-8H2,1-3H3,(H,18,20). The van der Waals surface area contributed by atoms with Crippen LogP contribution in [-0.2, 0) is 16.1 Å². The Morgan fingerprint density at radius 1 is 1.43 bits per heavy atom. The van der Waals surface area contributed by atoms with Crippen molar-refractivity contribution in [2.24, 2.45) is 0 Å². The van der Waals surface area contributed by atoms with Crippen LogP contribution < -0.4 is 5.32 Å². The first-order valence-corrected chi connectivity index (χ1v) is 7.56. The Morgan fingerprint density at radius 3 is 2.76 bits per heavy atom. The molecule has 4 nitrogen and oxygen atoms in total. The third kappa shape index (κ3) is 3.26. The average molecular weight is 357 g/mol. The zero-order chi connectivity index (χ0) is 15.8. The van der Waals surface area contributed by atoms with Gasteiger partial charge in [-0.3, -0.25) is 9.59 Å². The van der Waals surface area contributed by atoms with Gasteiger partial charge in [0.2, 0.25) is 11.8 Å². The largest absolute Gasteiger partial charge is 0.342 e. The molecule has 21 heavy (non-hydrogen) atoms. The predicted molar refractivity (Wildman–Crippen MR) is 81.0 cm³/mol. The summed E-state index contributed by atoms with van der Waals surface area (Å²) in [6.07, 6.45) is 0.238. The Morgan fingerprint density at radius 2 is 2.10 bits per heavy atom. The van der Waals surface area contributed by atoms with Crippen LogP contribution in [0.25, 0.3) is 0 Å². The van der Waals surface area contributed by atoms with Crippen LogP contribution in [0.1, 0.15) is 32.8 Å². The molecule has 1 saturated heterocycles. The Balaban J connectivity index is 2.34. The van der Waals surface area contributed by atoms with E-state index in [1.165, 1.54) is 6.07 Å². The Hall–Kier alpha value is -1.43. The molecule has 114 valence electrons. The van der Waals surface area contributed by atoms with Gasteiger partial charge < -0.3 is 10.2 Å². The second-order valence-corrected chi connectivity index (χ2v) is 6.67. The fourth-order valence-corrected chi connectivity index (χ4v) is 2.86. The number of rotatable bonds is 2. The number of carbonyl (C=O) groups is 2. The molecule has 0 radical (unpaired) electrons. The number of amides is 2. The Labute approximate surface area is 131 Å². The summed E-state index contributed by atoms with van der Waals surface area (Å²) >= 11 is 3.21. The van der Waals surface area contributed by atoms with Crippen molar-refractivity contribution in [3.05, 3.63) is 34.1 Å². The van der Waals surface area contributed by atoms with E-state index in [1.807, 2.05) is 6.92 Å². The summed E-state index contributed by atoms with van der Waals surface area (Å²) in [6, 6.07) is 4.49. The van der Waals surface area contributed by atoms with Crippen LogP contribution in [0, 0.1) is 5.82 Å². The van der Waals surface area contributed by atoms with E-state index in [4.69, 9.17) is 0 Å². The van der Waals surface area contributed by atoms with Gasteiger partial charge in [0.05, 0.1) is 4.47 Å². The lowest BCUT2D eigenvalue weighted by molar-refractivity contribution is -0.139. The van der Waals surface area contributed by atoms with E-state index in [1.54, 1.807) is 30.9 Å². The molecule has 1 atom stereocenters. The normalized spacial score (nSPS) is 22.0. The highest BCUT2D eigenvalue weighted by Crippen LogP contribution is 2.25. The third-order valence-electron chi connectivity index (χ3n) is 3.63. The number of carbonyl (C=O) groups excluding carboxylic acids is 2. The molecule has 2 amide bonds. The first kappa shape index (κ1) is 15.9. The first-order valence-electron chi connectivity index (χ1n) is 6.77. The molecule has 6 heteroatoms. The summed E-state index contributed by atoms with van der Waals surface area (Å²) in [5.41, 5.74) is -0.276. The van der Waals surface area contributed by atoms with Crippen molar-refractivity contribution in [3.63, 3.8) is 0 Å². The molecule has 0 aromatic heterocycles. The van der Waals surface area contributed by atoms with Crippen molar-refractivity contribution in [2.75, 3.05) is 0 Å². The van der Waals surface area contributed by atoms with E-state index in [0.29, 0.717) is 10.0 Å². The molecule has 0 spiro atoms. The minimum atomic E-state index is -0.957. The molecule has 2 rings (SSSR count). The monoisotopic (exact) mass is 356 g/mol. The summed E-state index contributed by atoms with van der Waals surface area (Å²) in [5.74, 6) is -0.686. The SMILES string of the molecule is CC1CC(=O)NC(C)(C)C(=O)N1Cc1cccc(F)c1Br. The molecule has 1 aromatic rings. The lowest BCUT2D eigenvalue weighted by Gasteiger charge is -2.32. The molecule has 1 aliphatic rings. The number of hydrogen-bond acceptors (Lipinski definition) is 2. The summed E-state index contributed by atoms with van der Waals surface area (Å²) in [4.78, 5) is 26.1. The topological polar surface area (TPSA) is 49.4 Å². The van der Waals surface area contributed by atoms with E-state index in [0.717, 1.165) is 0 Å². The number of hydrogen-bond donors (Lipinski definition) is 1. The van der Waals surface area contributed by atoms with E-state index < -0.39 is 5.54 Å². The van der Waals surface area contributed by atoms with Crippen LogP contribution in [-0.4, -0.2) is 28.3 Å². The summed E-state index contributed by atoms with van der Waals surface area (Å²) in [6.45, 7) is 5.45. The lowest BCUT2D eigenvalue weighted by Crippen LogP contribution is -2.53. The van der Waals surface area contributed by atoms with Crippen molar-refractivity contribution < 1.29 is 14.0 Å². The minimum absolute atomic E-state index is 0.151. The van der Waals surface area contributed by atoms with E-state index in [9.17, 15) is 14.0 Å². The van der Waals surface area contributed by atoms with Gasteiger partial charge in [0, 0.05) is 19.0 Å². The van der Waals surface area contributed by atoms with Crippen molar-refractivity contribution in [3.8, 4) is 0 Å². The molecule has 0 bridgehead atoms. The number of nitrogens with one attached hydrogen (secondary N) is 1. The van der Waals surface area contributed by atoms with Crippen LogP contribution in [0.4, 0.5) is 4.39 Å². The molecule has 1 N–H and O–H groups in total. The molecule has 1 fully saturated rings. The van der Waals surface area contributed by atoms with E-state index >= 15 is 0 Å². The minimum Gasteiger partial charge on any atom is -0.342 e. The quantitative estimate of drug-likeness (QED) is 0.885. The van der Waals surface area contributed by atoms with Gasteiger partial charge in [0.25, 0.3) is 0 Å². The molecular formula is C15H18BrFN2O2. The number of benzene rings is 1. The van der Waals surface area contributed by atoms with Gasteiger partial charge in [0.15, 0.2) is 0 Å². The summed E-state index contributed by atoms with van der Waals surface area (Å²) in [7, 11) is 0. The molecule has 0 aliphatic carbocycles. The third-order valence-corrected chi connectivity index (χ3v) is 4.52. The second-order valence-electron chi connectivity index (χ2n) is 5.87. The molecule has 1 unspecified atom stereocenters. The smallest absolute Gasteiger partial charge is 0.248 e. The van der Waals surface area contributed by atoms with Gasteiger partial charge in [-0.1, -0.05) is 12.1 Å². The lowest BCUT2D eigenvalue weighted by atomic mass is 10.0. The van der Waals surface area contributed by atoms with E-state index in [2.05, 4.69) is 21.2 Å². The first-order chi connectivity index (χ1) is 9.72. The van der Waals surface area contributed by atoms with Crippen molar-refractivity contribution in [1.29, 1.82) is 0 Å². The van der Waals surface area contributed by atoms with Crippen LogP contribution >= 0.6 is 15.9 Å². The highest BCUT2D eigenvalue weighted by atomic mass is 79.9. The maximum absolute atomic E-state index is 13.6. The number of nitrogens with zero attached hydrogens (tertiary/aromatic N) is 1. The summed E-state index contributed by atoms with van der Waals surface area (Å²) in [5, 5.41) is 2.72. The molecule has 0 saturated carbocycles. The van der Waals surface area contributed by atoms with E-state index in [-0.39, 0.29) is 36.6 Å². The van der Waals surface area contributed by atoms with Crippen molar-refractivity contribution >= 4 is 27.7 Å². The zero-order valence-corrected chi connectivity index (χ0v) is 13.8. The average Bonchev–Trinajstić information content (AvgIpc) is 2.44. The summed E-state index contributed by atoms with van der Waals surface area (Å²) < 4.78 is 14.0. The Bertz CT molecular complexity index is 589. The van der Waals surface area contributed by atoms with Gasteiger partial charge in [-0.2, -0.15) is 0 Å². The highest BCUT2D eigenvalue weighted by molar-refractivity contribution is 9.10. The second kappa shape index (κ2) is 5.75. The van der Waals surface area contributed by atoms with Crippen molar-refractivity contribution in [1.82, 2.24) is 10.2 Å². The van der Waals surface area contributed by atoms with Gasteiger partial charge in [-0.15, -0.1) is 0 Å². The predicted octanol–water partition coefficient (Wildman–Crippen LogP) is 2.60. The van der Waals surface area contributed by atoms with Crippen LogP contribution in [0.5, 0.6) is 0 Å². The maximum Gasteiger partial charge on any atom is 0.248 e. The van der Waals surface area contributed by atoms with Gasteiger partial charge >= 0.3 is 0 Å². The fraction of sp³-hybridized carbons (Fsp3) is 0.467.